The first-order valence-corrected chi connectivity index (χ1v) is 8.91. The van der Waals surface area contributed by atoms with Crippen LogP contribution in [0.15, 0.2) is 22.8 Å². The third kappa shape index (κ3) is 5.53. The molecule has 3 heteroatoms. The molecule has 1 unspecified atom stereocenters. The maximum Gasteiger partial charge on any atom is 0.0419 e. The molecule has 1 heterocycles. The molecule has 0 saturated heterocycles. The normalized spacial score (nSPS) is 18.7. The maximum atomic E-state index is 4.53. The molecule has 1 aliphatic carbocycles. The number of hydrogen-bond acceptors (Lipinski definition) is 2. The van der Waals surface area contributed by atoms with Crippen molar-refractivity contribution < 1.29 is 0 Å². The largest absolute Gasteiger partial charge is 0.314 e. The van der Waals surface area contributed by atoms with Gasteiger partial charge in [-0.3, -0.25) is 4.98 Å². The monoisotopic (exact) mass is 338 g/mol. The van der Waals surface area contributed by atoms with Crippen LogP contribution in [0.1, 0.15) is 57.6 Å². The number of pyridine rings is 1. The van der Waals surface area contributed by atoms with Crippen molar-refractivity contribution in [3.05, 3.63) is 28.5 Å². The van der Waals surface area contributed by atoms with Gasteiger partial charge in [0.1, 0.15) is 0 Å². The van der Waals surface area contributed by atoms with Crippen molar-refractivity contribution in [2.45, 2.75) is 64.3 Å². The van der Waals surface area contributed by atoms with Crippen LogP contribution in [0.25, 0.3) is 0 Å². The van der Waals surface area contributed by atoms with Gasteiger partial charge in [-0.15, -0.1) is 0 Å². The molecule has 1 aliphatic rings. The van der Waals surface area contributed by atoms with Gasteiger partial charge in [0.25, 0.3) is 0 Å². The van der Waals surface area contributed by atoms with E-state index in [2.05, 4.69) is 45.3 Å². The summed E-state index contributed by atoms with van der Waals surface area (Å²) in [5, 5.41) is 3.66. The molecule has 0 radical (unpaired) electrons. The van der Waals surface area contributed by atoms with E-state index in [1.54, 1.807) is 0 Å². The highest BCUT2D eigenvalue weighted by atomic mass is 79.9. The Morgan fingerprint density at radius 3 is 2.60 bits per heavy atom. The van der Waals surface area contributed by atoms with Crippen LogP contribution in [0.5, 0.6) is 0 Å². The van der Waals surface area contributed by atoms with Crippen molar-refractivity contribution in [3.8, 4) is 0 Å². The summed E-state index contributed by atoms with van der Waals surface area (Å²) >= 11 is 3.45. The SMILES string of the molecule is CCNC(Cc1ccc(Br)cn1)CC1CCCCCC1. The molecule has 2 nitrogen and oxygen atoms in total. The summed E-state index contributed by atoms with van der Waals surface area (Å²) in [6, 6.07) is 4.81. The summed E-state index contributed by atoms with van der Waals surface area (Å²) in [6.45, 7) is 3.25. The second kappa shape index (κ2) is 8.78. The lowest BCUT2D eigenvalue weighted by molar-refractivity contribution is 0.351. The molecule has 0 amide bonds. The number of nitrogens with zero attached hydrogens (tertiary/aromatic N) is 1. The maximum absolute atomic E-state index is 4.53. The summed E-state index contributed by atoms with van der Waals surface area (Å²) < 4.78 is 1.06. The van der Waals surface area contributed by atoms with E-state index < -0.39 is 0 Å². The number of rotatable bonds is 6. The van der Waals surface area contributed by atoms with Gasteiger partial charge in [0, 0.05) is 28.8 Å². The van der Waals surface area contributed by atoms with Crippen LogP contribution >= 0.6 is 15.9 Å². The molecule has 20 heavy (non-hydrogen) atoms. The number of hydrogen-bond donors (Lipinski definition) is 1. The Morgan fingerprint density at radius 2 is 2.00 bits per heavy atom. The van der Waals surface area contributed by atoms with Crippen LogP contribution < -0.4 is 5.32 Å². The molecule has 112 valence electrons. The third-order valence-electron chi connectivity index (χ3n) is 4.33. The highest BCUT2D eigenvalue weighted by Gasteiger charge is 2.18. The van der Waals surface area contributed by atoms with Crippen molar-refractivity contribution in [1.29, 1.82) is 0 Å². The van der Waals surface area contributed by atoms with E-state index in [4.69, 9.17) is 0 Å². The minimum absolute atomic E-state index is 0.580. The van der Waals surface area contributed by atoms with E-state index in [0.717, 1.165) is 23.4 Å². The fourth-order valence-electron chi connectivity index (χ4n) is 3.31. The van der Waals surface area contributed by atoms with Gasteiger partial charge in [0.05, 0.1) is 0 Å². The average molecular weight is 339 g/mol. The smallest absolute Gasteiger partial charge is 0.0419 e. The molecule has 1 aromatic rings. The van der Waals surface area contributed by atoms with Crippen molar-refractivity contribution in [2.75, 3.05) is 6.54 Å². The molecule has 2 rings (SSSR count). The highest BCUT2D eigenvalue weighted by Crippen LogP contribution is 2.27. The van der Waals surface area contributed by atoms with Gasteiger partial charge in [-0.2, -0.15) is 0 Å². The molecular formula is C17H27BrN2. The zero-order chi connectivity index (χ0) is 14.2. The molecule has 1 saturated carbocycles. The Labute approximate surface area is 131 Å². The van der Waals surface area contributed by atoms with Crippen molar-refractivity contribution in [1.82, 2.24) is 10.3 Å². The fraction of sp³-hybridized carbons (Fsp3) is 0.706. The van der Waals surface area contributed by atoms with Gasteiger partial charge >= 0.3 is 0 Å². The second-order valence-electron chi connectivity index (χ2n) is 6.02. The lowest BCUT2D eigenvalue weighted by atomic mass is 9.90. The van der Waals surface area contributed by atoms with Gasteiger partial charge in [-0.1, -0.05) is 45.4 Å². The zero-order valence-corrected chi connectivity index (χ0v) is 14.2. The van der Waals surface area contributed by atoms with Gasteiger partial charge < -0.3 is 5.32 Å². The quantitative estimate of drug-likeness (QED) is 0.758. The molecular weight excluding hydrogens is 312 g/mol. The Bertz CT molecular complexity index is 369. The third-order valence-corrected chi connectivity index (χ3v) is 4.80. The predicted molar refractivity (Wildman–Crippen MR) is 88.9 cm³/mol. The Kier molecular flexibility index (Phi) is 7.01. The molecule has 0 aliphatic heterocycles. The van der Waals surface area contributed by atoms with E-state index in [1.165, 1.54) is 50.6 Å². The van der Waals surface area contributed by atoms with Crippen LogP contribution in [-0.4, -0.2) is 17.6 Å². The van der Waals surface area contributed by atoms with Crippen molar-refractivity contribution in [3.63, 3.8) is 0 Å². The standard InChI is InChI=1S/C17H27BrN2/c1-2-19-17(11-14-7-5-3-4-6-8-14)12-16-10-9-15(18)13-20-16/h9-10,13-14,17,19H,2-8,11-12H2,1H3. The van der Waals surface area contributed by atoms with Crippen LogP contribution in [0, 0.1) is 5.92 Å². The summed E-state index contributed by atoms with van der Waals surface area (Å²) in [4.78, 5) is 4.53. The Morgan fingerprint density at radius 1 is 1.25 bits per heavy atom. The van der Waals surface area contributed by atoms with Gasteiger partial charge in [0.2, 0.25) is 0 Å². The fourth-order valence-corrected chi connectivity index (χ4v) is 3.54. The van der Waals surface area contributed by atoms with Crippen LogP contribution in [0.3, 0.4) is 0 Å². The molecule has 0 aromatic carbocycles. The van der Waals surface area contributed by atoms with E-state index in [0.29, 0.717) is 6.04 Å². The molecule has 0 bridgehead atoms. The first kappa shape index (κ1) is 16.0. The van der Waals surface area contributed by atoms with E-state index in [1.807, 2.05) is 6.20 Å². The molecule has 1 fully saturated rings. The van der Waals surface area contributed by atoms with Crippen LogP contribution in [0.4, 0.5) is 0 Å². The molecule has 1 aromatic heterocycles. The first-order valence-electron chi connectivity index (χ1n) is 8.11. The summed E-state index contributed by atoms with van der Waals surface area (Å²) in [6.07, 6.45) is 12.9. The number of halogens is 1. The number of likely N-dealkylation sites (N-methyl/N-ethyl adjacent to an activating group) is 1. The summed E-state index contributed by atoms with van der Waals surface area (Å²) in [5.41, 5.74) is 1.20. The molecule has 1 atom stereocenters. The van der Waals surface area contributed by atoms with Crippen LogP contribution in [0.2, 0.25) is 0 Å². The van der Waals surface area contributed by atoms with Crippen molar-refractivity contribution in [2.24, 2.45) is 5.92 Å². The van der Waals surface area contributed by atoms with E-state index in [9.17, 15) is 0 Å². The molecule has 1 N–H and O–H groups in total. The second-order valence-corrected chi connectivity index (χ2v) is 6.94. The number of aromatic nitrogens is 1. The first-order chi connectivity index (χ1) is 9.78. The average Bonchev–Trinajstić information content (AvgIpc) is 2.70. The Hall–Kier alpha value is -0.410. The summed E-state index contributed by atoms with van der Waals surface area (Å²) in [5.74, 6) is 0.914. The van der Waals surface area contributed by atoms with Gasteiger partial charge in [0.15, 0.2) is 0 Å². The van der Waals surface area contributed by atoms with Gasteiger partial charge in [-0.25, -0.2) is 0 Å². The molecule has 0 spiro atoms. The number of nitrogens with one attached hydrogen (secondary N) is 1. The minimum atomic E-state index is 0.580. The summed E-state index contributed by atoms with van der Waals surface area (Å²) in [7, 11) is 0. The van der Waals surface area contributed by atoms with Gasteiger partial charge in [-0.05, 0) is 46.9 Å². The van der Waals surface area contributed by atoms with E-state index in [-0.39, 0.29) is 0 Å². The van der Waals surface area contributed by atoms with Crippen molar-refractivity contribution >= 4 is 15.9 Å². The predicted octanol–water partition coefficient (Wildman–Crippen LogP) is 4.73. The lowest BCUT2D eigenvalue weighted by Gasteiger charge is -2.23. The topological polar surface area (TPSA) is 24.9 Å². The zero-order valence-electron chi connectivity index (χ0n) is 12.6. The lowest BCUT2D eigenvalue weighted by Crippen LogP contribution is -2.33. The van der Waals surface area contributed by atoms with Crippen LogP contribution in [-0.2, 0) is 6.42 Å². The minimum Gasteiger partial charge on any atom is -0.314 e. The highest BCUT2D eigenvalue weighted by molar-refractivity contribution is 9.10. The van der Waals surface area contributed by atoms with E-state index >= 15 is 0 Å². The Balaban J connectivity index is 1.90.